The maximum absolute atomic E-state index is 12.7. The average Bonchev–Trinajstić information content (AvgIpc) is 2.42. The molecule has 0 aliphatic carbocycles. The summed E-state index contributed by atoms with van der Waals surface area (Å²) in [4.78, 5) is 11.9. The van der Waals surface area contributed by atoms with Crippen LogP contribution >= 0.6 is 15.9 Å². The lowest BCUT2D eigenvalue weighted by Crippen LogP contribution is -2.11. The minimum absolute atomic E-state index is 0.253. The number of ether oxygens (including phenoxy) is 1. The normalized spacial score (nSPS) is 10.0. The molecule has 2 aromatic rings. The molecule has 5 heteroatoms. The van der Waals surface area contributed by atoms with Crippen LogP contribution in [0, 0.1) is 5.82 Å². The first kappa shape index (κ1) is 13.5. The van der Waals surface area contributed by atoms with Crippen LogP contribution in [0.15, 0.2) is 48.5 Å². The average molecular weight is 324 g/mol. The minimum atomic E-state index is -0.339. The van der Waals surface area contributed by atoms with Crippen LogP contribution in [0.25, 0.3) is 0 Å². The molecule has 0 saturated heterocycles. The van der Waals surface area contributed by atoms with Crippen LogP contribution in [0.2, 0.25) is 0 Å². The molecule has 2 rings (SSSR count). The number of carbonyl (C=O) groups excluding carboxylic acids is 1. The highest BCUT2D eigenvalue weighted by atomic mass is 79.9. The van der Waals surface area contributed by atoms with E-state index in [-0.39, 0.29) is 11.7 Å². The van der Waals surface area contributed by atoms with Gasteiger partial charge < -0.3 is 10.1 Å². The Labute approximate surface area is 118 Å². The molecule has 0 spiro atoms. The molecule has 0 bridgehead atoms. The summed E-state index contributed by atoms with van der Waals surface area (Å²) >= 11 is 3.15. The first-order valence-corrected chi connectivity index (χ1v) is 6.67. The number of hydrogen-bond acceptors (Lipinski definition) is 2. The predicted octanol–water partition coefficient (Wildman–Crippen LogP) is 3.81. The first-order valence-electron chi connectivity index (χ1n) is 5.55. The monoisotopic (exact) mass is 323 g/mol. The Balaban J connectivity index is 2.05. The van der Waals surface area contributed by atoms with Gasteiger partial charge in [0.25, 0.3) is 5.91 Å². The predicted molar refractivity (Wildman–Crippen MR) is 75.2 cm³/mol. The fraction of sp³-hybridized carbons (Fsp3) is 0.0714. The third-order valence-corrected chi connectivity index (χ3v) is 2.67. The van der Waals surface area contributed by atoms with Gasteiger partial charge in [-0.15, -0.1) is 0 Å². The Morgan fingerprint density at radius 3 is 2.32 bits per heavy atom. The number of hydrogen-bond donors (Lipinski definition) is 1. The van der Waals surface area contributed by atoms with Crippen LogP contribution in [0.5, 0.6) is 5.75 Å². The Bertz CT molecular complexity index is 555. The third kappa shape index (κ3) is 3.79. The maximum Gasteiger partial charge on any atom is 0.255 e. The van der Waals surface area contributed by atoms with Gasteiger partial charge in [0.2, 0.25) is 0 Å². The molecular weight excluding hydrogens is 313 g/mol. The number of rotatable bonds is 4. The lowest BCUT2D eigenvalue weighted by Gasteiger charge is -2.06. The third-order valence-electron chi connectivity index (χ3n) is 2.44. The van der Waals surface area contributed by atoms with E-state index < -0.39 is 0 Å². The molecule has 0 aliphatic rings. The standard InChI is InChI=1S/C14H11BrFNO2/c15-9-19-13-7-1-10(2-8-13)14(18)17-12-5-3-11(16)4-6-12/h1-8H,9H2,(H,17,18). The highest BCUT2D eigenvalue weighted by Gasteiger charge is 2.06. The van der Waals surface area contributed by atoms with Gasteiger partial charge in [0.05, 0.1) is 0 Å². The molecular formula is C14H11BrFNO2. The quantitative estimate of drug-likeness (QED) is 0.869. The number of amides is 1. The summed E-state index contributed by atoms with van der Waals surface area (Å²) < 4.78 is 17.9. The molecule has 0 atom stereocenters. The smallest absolute Gasteiger partial charge is 0.255 e. The SMILES string of the molecule is O=C(Nc1ccc(F)cc1)c1ccc(OCBr)cc1. The van der Waals surface area contributed by atoms with Crippen molar-refractivity contribution in [3.8, 4) is 5.75 Å². The van der Waals surface area contributed by atoms with Crippen LogP contribution in [-0.4, -0.2) is 11.4 Å². The zero-order valence-electron chi connectivity index (χ0n) is 9.90. The van der Waals surface area contributed by atoms with Crippen molar-refractivity contribution in [2.75, 3.05) is 10.8 Å². The molecule has 19 heavy (non-hydrogen) atoms. The van der Waals surface area contributed by atoms with E-state index in [1.54, 1.807) is 24.3 Å². The highest BCUT2D eigenvalue weighted by Crippen LogP contribution is 2.15. The second kappa shape index (κ2) is 6.33. The molecule has 0 heterocycles. The van der Waals surface area contributed by atoms with Crippen molar-refractivity contribution in [3.63, 3.8) is 0 Å². The largest absolute Gasteiger partial charge is 0.482 e. The van der Waals surface area contributed by atoms with E-state index >= 15 is 0 Å². The van der Waals surface area contributed by atoms with Gasteiger partial charge in [-0.1, -0.05) is 0 Å². The van der Waals surface area contributed by atoms with Crippen LogP contribution in [0.4, 0.5) is 10.1 Å². The molecule has 98 valence electrons. The molecule has 1 N–H and O–H groups in total. The molecule has 0 aliphatic heterocycles. The van der Waals surface area contributed by atoms with Crippen LogP contribution in [-0.2, 0) is 0 Å². The van der Waals surface area contributed by atoms with Crippen molar-refractivity contribution >= 4 is 27.5 Å². The van der Waals surface area contributed by atoms with Gasteiger partial charge in [-0.25, -0.2) is 4.39 Å². The summed E-state index contributed by atoms with van der Waals surface area (Å²) in [5.41, 5.74) is 1.45. The maximum atomic E-state index is 12.7. The highest BCUT2D eigenvalue weighted by molar-refractivity contribution is 9.09. The Morgan fingerprint density at radius 1 is 1.11 bits per heavy atom. The van der Waals surface area contributed by atoms with Crippen molar-refractivity contribution in [2.45, 2.75) is 0 Å². The lowest BCUT2D eigenvalue weighted by molar-refractivity contribution is 0.102. The van der Waals surface area contributed by atoms with E-state index in [0.717, 1.165) is 0 Å². The van der Waals surface area contributed by atoms with Gasteiger partial charge in [0, 0.05) is 11.3 Å². The molecule has 0 unspecified atom stereocenters. The summed E-state index contributed by atoms with van der Waals surface area (Å²) in [7, 11) is 0. The molecule has 3 nitrogen and oxygen atoms in total. The summed E-state index contributed by atoms with van der Waals surface area (Å²) in [6, 6.07) is 12.4. The first-order chi connectivity index (χ1) is 9.19. The van der Waals surface area contributed by atoms with Gasteiger partial charge in [0.15, 0.2) is 0 Å². The van der Waals surface area contributed by atoms with Gasteiger partial charge in [-0.3, -0.25) is 4.79 Å². The zero-order valence-corrected chi connectivity index (χ0v) is 11.5. The zero-order chi connectivity index (χ0) is 13.7. The number of carbonyl (C=O) groups is 1. The fourth-order valence-corrected chi connectivity index (χ4v) is 1.77. The second-order valence-electron chi connectivity index (χ2n) is 3.74. The van der Waals surface area contributed by atoms with Crippen molar-refractivity contribution in [1.82, 2.24) is 0 Å². The van der Waals surface area contributed by atoms with E-state index in [9.17, 15) is 9.18 Å². The second-order valence-corrected chi connectivity index (χ2v) is 4.20. The topological polar surface area (TPSA) is 38.3 Å². The summed E-state index contributed by atoms with van der Waals surface area (Å²) in [5, 5.41) is 2.68. The van der Waals surface area contributed by atoms with E-state index in [4.69, 9.17) is 4.74 Å². The number of benzene rings is 2. The number of nitrogens with one attached hydrogen (secondary N) is 1. The molecule has 0 radical (unpaired) electrons. The van der Waals surface area contributed by atoms with Crippen LogP contribution in [0.1, 0.15) is 10.4 Å². The van der Waals surface area contributed by atoms with Crippen molar-refractivity contribution < 1.29 is 13.9 Å². The van der Waals surface area contributed by atoms with Gasteiger partial charge in [0.1, 0.15) is 17.1 Å². The Kier molecular flexibility index (Phi) is 4.52. The summed E-state index contributed by atoms with van der Waals surface area (Å²) in [6.45, 7) is 0. The number of alkyl halides is 1. The summed E-state index contributed by atoms with van der Waals surface area (Å²) in [5.74, 6) is 0.0847. The Morgan fingerprint density at radius 2 is 1.74 bits per heavy atom. The van der Waals surface area contributed by atoms with Crippen LogP contribution < -0.4 is 10.1 Å². The van der Waals surface area contributed by atoms with Crippen molar-refractivity contribution in [2.24, 2.45) is 0 Å². The van der Waals surface area contributed by atoms with E-state index in [1.807, 2.05) is 0 Å². The molecule has 2 aromatic carbocycles. The van der Waals surface area contributed by atoms with Gasteiger partial charge >= 0.3 is 0 Å². The number of halogens is 2. The van der Waals surface area contributed by atoms with E-state index in [1.165, 1.54) is 24.3 Å². The molecule has 0 saturated carbocycles. The van der Waals surface area contributed by atoms with E-state index in [2.05, 4.69) is 21.2 Å². The fourth-order valence-electron chi connectivity index (χ4n) is 1.50. The minimum Gasteiger partial charge on any atom is -0.482 e. The molecule has 0 aromatic heterocycles. The van der Waals surface area contributed by atoms with E-state index in [0.29, 0.717) is 22.5 Å². The van der Waals surface area contributed by atoms with Crippen molar-refractivity contribution in [3.05, 3.63) is 59.9 Å². The van der Waals surface area contributed by atoms with Gasteiger partial charge in [-0.05, 0) is 64.5 Å². The summed E-state index contributed by atoms with van der Waals surface area (Å²) in [6.07, 6.45) is 0. The Hall–Kier alpha value is -1.88. The van der Waals surface area contributed by atoms with Crippen molar-refractivity contribution in [1.29, 1.82) is 0 Å². The van der Waals surface area contributed by atoms with Crippen LogP contribution in [0.3, 0.4) is 0 Å². The van der Waals surface area contributed by atoms with Gasteiger partial charge in [-0.2, -0.15) is 0 Å². The lowest BCUT2D eigenvalue weighted by atomic mass is 10.2. The molecule has 0 fully saturated rings. The molecule has 1 amide bonds. The number of anilines is 1.